The Morgan fingerprint density at radius 3 is 2.46 bits per heavy atom. The number of alkyl halides is 3. The molecule has 72 valence electrons. The van der Waals surface area contributed by atoms with Crippen molar-refractivity contribution in [3.05, 3.63) is 28.3 Å². The molecule has 0 saturated carbocycles. The van der Waals surface area contributed by atoms with E-state index in [0.717, 1.165) is 0 Å². The molecule has 0 bridgehead atoms. The van der Waals surface area contributed by atoms with E-state index in [1.165, 1.54) is 0 Å². The summed E-state index contributed by atoms with van der Waals surface area (Å²) in [5, 5.41) is 0. The van der Waals surface area contributed by atoms with Gasteiger partial charge >= 0.3 is 6.36 Å². The van der Waals surface area contributed by atoms with Crippen LogP contribution in [0, 0.1) is 5.82 Å². The van der Waals surface area contributed by atoms with Crippen LogP contribution in [0.2, 0.25) is 0 Å². The van der Waals surface area contributed by atoms with Crippen LogP contribution in [0.5, 0.6) is 5.88 Å². The van der Waals surface area contributed by atoms with E-state index in [1.54, 1.807) is 0 Å². The van der Waals surface area contributed by atoms with Crippen molar-refractivity contribution in [3.63, 3.8) is 0 Å². The van der Waals surface area contributed by atoms with E-state index in [2.05, 4.69) is 4.74 Å². The zero-order chi connectivity index (χ0) is 10.1. The van der Waals surface area contributed by atoms with Crippen LogP contribution >= 0.6 is 0 Å². The van der Waals surface area contributed by atoms with Crippen molar-refractivity contribution in [1.29, 1.82) is 0 Å². The average Bonchev–Trinajstić information content (AvgIpc) is 1.94. The van der Waals surface area contributed by atoms with Gasteiger partial charge in [-0.3, -0.25) is 4.79 Å². The fourth-order valence-corrected chi connectivity index (χ4v) is 0.619. The van der Waals surface area contributed by atoms with Crippen molar-refractivity contribution in [2.24, 2.45) is 0 Å². The van der Waals surface area contributed by atoms with Gasteiger partial charge in [-0.2, -0.15) is 0 Å². The third kappa shape index (κ3) is 2.77. The molecule has 3 nitrogen and oxygen atoms in total. The Hall–Kier alpha value is -1.53. The molecule has 7 heteroatoms. The minimum Gasteiger partial charge on any atom is -0.390 e. The summed E-state index contributed by atoms with van der Waals surface area (Å²) in [7, 11) is 0. The van der Waals surface area contributed by atoms with Gasteiger partial charge in [0.1, 0.15) is 0 Å². The van der Waals surface area contributed by atoms with E-state index >= 15 is 0 Å². The minimum absolute atomic E-state index is 0.378. The third-order valence-electron chi connectivity index (χ3n) is 1.06. The number of pyridine rings is 1. The molecule has 1 heterocycles. The predicted molar refractivity (Wildman–Crippen MR) is 33.7 cm³/mol. The molecule has 1 N–H and O–H groups in total. The SMILES string of the molecule is O=c1cc(OC(F)(F)F)[nH]cc1F. The first-order valence-electron chi connectivity index (χ1n) is 3.02. The zero-order valence-electron chi connectivity index (χ0n) is 5.98. The predicted octanol–water partition coefficient (Wildman–Crippen LogP) is 1.41. The van der Waals surface area contributed by atoms with Gasteiger partial charge in [-0.15, -0.1) is 13.2 Å². The van der Waals surface area contributed by atoms with Gasteiger partial charge in [-0.1, -0.05) is 0 Å². The molecule has 0 aromatic carbocycles. The van der Waals surface area contributed by atoms with Crippen LogP contribution in [0.3, 0.4) is 0 Å². The number of hydrogen-bond donors (Lipinski definition) is 1. The summed E-state index contributed by atoms with van der Waals surface area (Å²) in [4.78, 5) is 12.3. The molecule has 1 rings (SSSR count). The molecule has 0 aliphatic heterocycles. The highest BCUT2D eigenvalue weighted by molar-refractivity contribution is 5.11. The largest absolute Gasteiger partial charge is 0.574 e. The summed E-state index contributed by atoms with van der Waals surface area (Å²) in [5.41, 5.74) is -1.17. The number of hydrogen-bond acceptors (Lipinski definition) is 2. The molecular weight excluding hydrogens is 194 g/mol. The van der Waals surface area contributed by atoms with E-state index in [-0.39, 0.29) is 0 Å². The lowest BCUT2D eigenvalue weighted by molar-refractivity contribution is -0.276. The summed E-state index contributed by atoms with van der Waals surface area (Å²) in [6.07, 6.45) is -4.41. The van der Waals surface area contributed by atoms with Crippen LogP contribution in [-0.2, 0) is 0 Å². The van der Waals surface area contributed by atoms with Crippen LogP contribution in [0.15, 0.2) is 17.1 Å². The van der Waals surface area contributed by atoms with Crippen molar-refractivity contribution in [2.75, 3.05) is 0 Å². The van der Waals surface area contributed by atoms with Crippen LogP contribution in [0.1, 0.15) is 0 Å². The highest BCUT2D eigenvalue weighted by Crippen LogP contribution is 2.18. The number of rotatable bonds is 1. The van der Waals surface area contributed by atoms with Gasteiger partial charge in [0.15, 0.2) is 5.82 Å². The molecule has 0 radical (unpaired) electrons. The van der Waals surface area contributed by atoms with E-state index in [9.17, 15) is 22.4 Å². The average molecular weight is 197 g/mol. The Morgan fingerprint density at radius 1 is 1.38 bits per heavy atom. The van der Waals surface area contributed by atoms with Gasteiger partial charge in [0.2, 0.25) is 11.3 Å². The number of aromatic nitrogens is 1. The maximum atomic E-state index is 12.3. The maximum Gasteiger partial charge on any atom is 0.574 e. The first-order valence-corrected chi connectivity index (χ1v) is 3.02. The first-order chi connectivity index (χ1) is 5.88. The molecule has 0 unspecified atom stereocenters. The topological polar surface area (TPSA) is 42.1 Å². The Morgan fingerprint density at radius 2 is 2.00 bits per heavy atom. The van der Waals surface area contributed by atoms with Crippen molar-refractivity contribution in [3.8, 4) is 5.88 Å². The van der Waals surface area contributed by atoms with Crippen molar-refractivity contribution in [2.45, 2.75) is 6.36 Å². The molecule has 0 atom stereocenters. The van der Waals surface area contributed by atoms with Gasteiger partial charge in [0.25, 0.3) is 0 Å². The van der Waals surface area contributed by atoms with Crippen LogP contribution < -0.4 is 10.2 Å². The lowest BCUT2D eigenvalue weighted by Crippen LogP contribution is -2.19. The second kappa shape index (κ2) is 3.08. The monoisotopic (exact) mass is 197 g/mol. The summed E-state index contributed by atoms with van der Waals surface area (Å²) in [5.74, 6) is -2.02. The normalized spacial score (nSPS) is 11.4. The van der Waals surface area contributed by atoms with Crippen LogP contribution in [-0.4, -0.2) is 11.3 Å². The Labute approximate surface area is 69.0 Å². The number of ether oxygens (including phenoxy) is 1. The van der Waals surface area contributed by atoms with Crippen molar-refractivity contribution in [1.82, 2.24) is 4.98 Å². The minimum atomic E-state index is -4.90. The number of halogens is 4. The van der Waals surface area contributed by atoms with E-state index in [0.29, 0.717) is 12.3 Å². The Bertz CT molecular complexity index is 356. The second-order valence-electron chi connectivity index (χ2n) is 2.06. The standard InChI is InChI=1S/C6H3F4NO2/c7-3-2-11-5(1-4(3)12)13-6(8,9)10/h1-2H,(H,11,12). The van der Waals surface area contributed by atoms with Gasteiger partial charge in [-0.25, -0.2) is 4.39 Å². The van der Waals surface area contributed by atoms with E-state index in [4.69, 9.17) is 0 Å². The summed E-state index contributed by atoms with van der Waals surface area (Å²) < 4.78 is 50.2. The zero-order valence-corrected chi connectivity index (χ0v) is 5.98. The summed E-state index contributed by atoms with van der Waals surface area (Å²) in [6, 6.07) is 0.378. The highest BCUT2D eigenvalue weighted by Gasteiger charge is 2.31. The molecule has 0 saturated heterocycles. The maximum absolute atomic E-state index is 12.3. The lowest BCUT2D eigenvalue weighted by atomic mass is 10.4. The number of nitrogens with one attached hydrogen (secondary N) is 1. The number of aromatic amines is 1. The summed E-state index contributed by atoms with van der Waals surface area (Å²) in [6.45, 7) is 0. The molecule has 0 spiro atoms. The number of H-pyrrole nitrogens is 1. The molecule has 0 aliphatic carbocycles. The van der Waals surface area contributed by atoms with Crippen LogP contribution in [0.4, 0.5) is 17.6 Å². The molecule has 1 aromatic rings. The van der Waals surface area contributed by atoms with Gasteiger partial charge in [0, 0.05) is 12.3 Å². The van der Waals surface area contributed by atoms with E-state index < -0.39 is 23.5 Å². The molecular formula is C6H3F4NO2. The second-order valence-corrected chi connectivity index (χ2v) is 2.06. The van der Waals surface area contributed by atoms with Crippen molar-refractivity contribution >= 4 is 0 Å². The molecule has 1 aromatic heterocycles. The molecule has 0 aliphatic rings. The fraction of sp³-hybridized carbons (Fsp3) is 0.167. The first kappa shape index (κ1) is 9.56. The lowest BCUT2D eigenvalue weighted by Gasteiger charge is -2.07. The fourth-order valence-electron chi connectivity index (χ4n) is 0.619. The quantitative estimate of drug-likeness (QED) is 0.691. The van der Waals surface area contributed by atoms with Gasteiger partial charge in [0.05, 0.1) is 0 Å². The Balaban J connectivity index is 2.93. The smallest absolute Gasteiger partial charge is 0.390 e. The highest BCUT2D eigenvalue weighted by atomic mass is 19.4. The van der Waals surface area contributed by atoms with Gasteiger partial charge in [-0.05, 0) is 0 Å². The van der Waals surface area contributed by atoms with Gasteiger partial charge < -0.3 is 9.72 Å². The van der Waals surface area contributed by atoms with Crippen molar-refractivity contribution < 1.29 is 22.3 Å². The molecule has 13 heavy (non-hydrogen) atoms. The Kier molecular flexibility index (Phi) is 2.26. The molecule has 0 amide bonds. The van der Waals surface area contributed by atoms with E-state index in [1.807, 2.05) is 4.98 Å². The van der Waals surface area contributed by atoms with Crippen LogP contribution in [0.25, 0.3) is 0 Å². The third-order valence-corrected chi connectivity index (χ3v) is 1.06. The summed E-state index contributed by atoms with van der Waals surface area (Å²) >= 11 is 0. The molecule has 0 fully saturated rings.